The largest absolute Gasteiger partial charge is 0.357 e. The van der Waals surface area contributed by atoms with Crippen LogP contribution in [0.2, 0.25) is 0 Å². The Morgan fingerprint density at radius 3 is 3.00 bits per heavy atom. The zero-order valence-corrected chi connectivity index (χ0v) is 9.95. The molecule has 4 heteroatoms. The molecule has 1 aliphatic rings. The van der Waals surface area contributed by atoms with E-state index in [1.807, 2.05) is 0 Å². The lowest BCUT2D eigenvalue weighted by molar-refractivity contribution is 0.738. The minimum absolute atomic E-state index is 0.740. The molecule has 0 saturated carbocycles. The Labute approximate surface area is 96.9 Å². The molecule has 4 nitrogen and oxygen atoms in total. The first-order chi connectivity index (χ1) is 7.86. The van der Waals surface area contributed by atoms with Gasteiger partial charge < -0.3 is 10.6 Å². The van der Waals surface area contributed by atoms with Crippen LogP contribution in [0.5, 0.6) is 0 Å². The summed E-state index contributed by atoms with van der Waals surface area (Å²) >= 11 is 0. The Morgan fingerprint density at radius 2 is 2.25 bits per heavy atom. The standard InChI is InChI=1S/C12H20N4/c1-2-16(8-4-7-13)12-10-5-3-6-11(10)14-9-15-12/h9H,2-8,13H2,1H3. The Balaban J connectivity index is 2.21. The SMILES string of the molecule is CCN(CCCN)c1ncnc2c1CCC2. The van der Waals surface area contributed by atoms with Crippen molar-refractivity contribution in [1.29, 1.82) is 0 Å². The van der Waals surface area contributed by atoms with E-state index in [1.165, 1.54) is 17.7 Å². The van der Waals surface area contributed by atoms with Gasteiger partial charge >= 0.3 is 0 Å². The van der Waals surface area contributed by atoms with E-state index in [4.69, 9.17) is 5.73 Å². The Kier molecular flexibility index (Phi) is 3.72. The lowest BCUT2D eigenvalue weighted by atomic mass is 10.2. The maximum Gasteiger partial charge on any atom is 0.135 e. The maximum atomic E-state index is 5.56. The highest BCUT2D eigenvalue weighted by Crippen LogP contribution is 2.27. The summed E-state index contributed by atoms with van der Waals surface area (Å²) in [6.07, 6.45) is 6.18. The normalized spacial score (nSPS) is 13.9. The predicted molar refractivity (Wildman–Crippen MR) is 65.6 cm³/mol. The Hall–Kier alpha value is -1.16. The molecule has 0 unspecified atom stereocenters. The molecule has 0 bridgehead atoms. The van der Waals surface area contributed by atoms with Gasteiger partial charge in [-0.25, -0.2) is 9.97 Å². The van der Waals surface area contributed by atoms with E-state index in [9.17, 15) is 0 Å². The smallest absolute Gasteiger partial charge is 0.135 e. The van der Waals surface area contributed by atoms with E-state index in [0.717, 1.165) is 44.7 Å². The molecule has 2 N–H and O–H groups in total. The van der Waals surface area contributed by atoms with Crippen LogP contribution in [0, 0.1) is 0 Å². The minimum atomic E-state index is 0.740. The summed E-state index contributed by atoms with van der Waals surface area (Å²) in [4.78, 5) is 11.1. The molecule has 1 heterocycles. The Morgan fingerprint density at radius 1 is 1.38 bits per heavy atom. The van der Waals surface area contributed by atoms with Crippen molar-refractivity contribution >= 4 is 5.82 Å². The van der Waals surface area contributed by atoms with Gasteiger partial charge in [0.1, 0.15) is 12.1 Å². The molecule has 2 rings (SSSR count). The monoisotopic (exact) mass is 220 g/mol. The third-order valence-electron chi connectivity index (χ3n) is 3.17. The van der Waals surface area contributed by atoms with Crippen LogP contribution in [0.1, 0.15) is 31.0 Å². The van der Waals surface area contributed by atoms with Gasteiger partial charge in [0.05, 0.1) is 0 Å². The topological polar surface area (TPSA) is 55.0 Å². The second-order valence-electron chi connectivity index (χ2n) is 4.20. The molecule has 1 aromatic heterocycles. The van der Waals surface area contributed by atoms with E-state index >= 15 is 0 Å². The first-order valence-electron chi connectivity index (χ1n) is 6.14. The van der Waals surface area contributed by atoms with Gasteiger partial charge in [-0.3, -0.25) is 0 Å². The molecule has 1 aromatic rings. The van der Waals surface area contributed by atoms with Crippen LogP contribution in [0.3, 0.4) is 0 Å². The minimum Gasteiger partial charge on any atom is -0.357 e. The molecule has 0 saturated heterocycles. The van der Waals surface area contributed by atoms with Crippen molar-refractivity contribution in [2.24, 2.45) is 5.73 Å². The fourth-order valence-corrected chi connectivity index (χ4v) is 2.31. The number of rotatable bonds is 5. The van der Waals surface area contributed by atoms with E-state index in [2.05, 4.69) is 21.8 Å². The van der Waals surface area contributed by atoms with E-state index in [-0.39, 0.29) is 0 Å². The van der Waals surface area contributed by atoms with Gasteiger partial charge in [-0.05, 0) is 39.2 Å². The lowest BCUT2D eigenvalue weighted by Gasteiger charge is -2.23. The van der Waals surface area contributed by atoms with Crippen molar-refractivity contribution in [3.8, 4) is 0 Å². The summed E-state index contributed by atoms with van der Waals surface area (Å²) in [6, 6.07) is 0. The fraction of sp³-hybridized carbons (Fsp3) is 0.667. The molecule has 0 spiro atoms. The van der Waals surface area contributed by atoms with Crippen molar-refractivity contribution in [1.82, 2.24) is 9.97 Å². The summed E-state index contributed by atoms with van der Waals surface area (Å²) in [6.45, 7) is 4.89. The summed E-state index contributed by atoms with van der Waals surface area (Å²) in [5.74, 6) is 1.14. The number of aromatic nitrogens is 2. The first kappa shape index (κ1) is 11.3. The van der Waals surface area contributed by atoms with Gasteiger partial charge in [-0.15, -0.1) is 0 Å². The molecule has 0 aliphatic heterocycles. The van der Waals surface area contributed by atoms with E-state index in [0.29, 0.717) is 0 Å². The highest BCUT2D eigenvalue weighted by atomic mass is 15.2. The lowest BCUT2D eigenvalue weighted by Crippen LogP contribution is -2.27. The predicted octanol–water partition coefficient (Wildman–Crippen LogP) is 1.14. The van der Waals surface area contributed by atoms with E-state index in [1.54, 1.807) is 6.33 Å². The molecule has 0 amide bonds. The Bertz CT molecular complexity index is 351. The molecular weight excluding hydrogens is 200 g/mol. The average Bonchev–Trinajstić information content (AvgIpc) is 2.78. The van der Waals surface area contributed by atoms with Crippen molar-refractivity contribution in [2.45, 2.75) is 32.6 Å². The van der Waals surface area contributed by atoms with E-state index < -0.39 is 0 Å². The number of hydrogen-bond donors (Lipinski definition) is 1. The second kappa shape index (κ2) is 5.25. The highest BCUT2D eigenvalue weighted by Gasteiger charge is 2.19. The van der Waals surface area contributed by atoms with Gasteiger partial charge in [0.2, 0.25) is 0 Å². The molecule has 1 aliphatic carbocycles. The number of nitrogens with two attached hydrogens (primary N) is 1. The van der Waals surface area contributed by atoms with Crippen LogP contribution in [0.25, 0.3) is 0 Å². The van der Waals surface area contributed by atoms with Gasteiger partial charge in [0.15, 0.2) is 0 Å². The van der Waals surface area contributed by atoms with Crippen LogP contribution in [0.4, 0.5) is 5.82 Å². The van der Waals surface area contributed by atoms with Crippen molar-refractivity contribution in [3.05, 3.63) is 17.6 Å². The van der Waals surface area contributed by atoms with Crippen LogP contribution in [-0.4, -0.2) is 29.6 Å². The number of nitrogens with zero attached hydrogens (tertiary/aromatic N) is 3. The zero-order valence-electron chi connectivity index (χ0n) is 9.95. The van der Waals surface area contributed by atoms with Crippen LogP contribution >= 0.6 is 0 Å². The third kappa shape index (κ3) is 2.16. The number of hydrogen-bond acceptors (Lipinski definition) is 4. The second-order valence-corrected chi connectivity index (χ2v) is 4.20. The summed E-state index contributed by atoms with van der Waals surface area (Å²) in [5.41, 5.74) is 8.17. The first-order valence-corrected chi connectivity index (χ1v) is 6.14. The van der Waals surface area contributed by atoms with Crippen molar-refractivity contribution < 1.29 is 0 Å². The van der Waals surface area contributed by atoms with Crippen LogP contribution < -0.4 is 10.6 Å². The van der Waals surface area contributed by atoms with Crippen molar-refractivity contribution in [3.63, 3.8) is 0 Å². The molecule has 0 radical (unpaired) electrons. The van der Waals surface area contributed by atoms with Crippen molar-refractivity contribution in [2.75, 3.05) is 24.5 Å². The van der Waals surface area contributed by atoms with Gasteiger partial charge in [0.25, 0.3) is 0 Å². The summed E-state index contributed by atoms with van der Waals surface area (Å²) in [5, 5.41) is 0. The highest BCUT2D eigenvalue weighted by molar-refractivity contribution is 5.50. The fourth-order valence-electron chi connectivity index (χ4n) is 2.31. The van der Waals surface area contributed by atoms with Gasteiger partial charge in [-0.2, -0.15) is 0 Å². The summed E-state index contributed by atoms with van der Waals surface area (Å²) < 4.78 is 0. The molecular formula is C12H20N4. The number of anilines is 1. The van der Waals surface area contributed by atoms with Crippen LogP contribution in [-0.2, 0) is 12.8 Å². The molecule has 0 atom stereocenters. The molecule has 88 valence electrons. The molecule has 0 aromatic carbocycles. The quantitative estimate of drug-likeness (QED) is 0.808. The van der Waals surface area contributed by atoms with Gasteiger partial charge in [0, 0.05) is 24.3 Å². The number of fused-ring (bicyclic) bond motifs is 1. The van der Waals surface area contributed by atoms with Crippen LogP contribution in [0.15, 0.2) is 6.33 Å². The molecule has 16 heavy (non-hydrogen) atoms. The number of aryl methyl sites for hydroxylation is 1. The third-order valence-corrected chi connectivity index (χ3v) is 3.17. The zero-order chi connectivity index (χ0) is 11.4. The average molecular weight is 220 g/mol. The summed E-state index contributed by atoms with van der Waals surface area (Å²) in [7, 11) is 0. The maximum absolute atomic E-state index is 5.56. The molecule has 0 fully saturated rings. The van der Waals surface area contributed by atoms with Gasteiger partial charge in [-0.1, -0.05) is 0 Å².